The first-order valence-corrected chi connectivity index (χ1v) is 9.31. The van der Waals surface area contributed by atoms with Gasteiger partial charge in [-0.05, 0) is 13.8 Å². The van der Waals surface area contributed by atoms with Crippen molar-refractivity contribution in [2.24, 2.45) is 0 Å². The molecule has 4 rings (SSSR count). The lowest BCUT2D eigenvalue weighted by Crippen LogP contribution is -2.50. The third-order valence-electron chi connectivity index (χ3n) is 4.93. The molecule has 3 N–H and O–H groups in total. The molecule has 0 saturated carbocycles. The van der Waals surface area contributed by atoms with E-state index in [0.717, 1.165) is 0 Å². The van der Waals surface area contributed by atoms with Gasteiger partial charge in [0.15, 0.2) is 11.5 Å². The largest absolute Gasteiger partial charge is 0.434 e. The van der Waals surface area contributed by atoms with Crippen LogP contribution < -0.4 is 11.1 Å². The zero-order valence-electron chi connectivity index (χ0n) is 16.3. The molecule has 0 unspecified atom stereocenters. The van der Waals surface area contributed by atoms with Crippen LogP contribution in [-0.2, 0) is 20.4 Å². The van der Waals surface area contributed by atoms with Gasteiger partial charge in [-0.1, -0.05) is 0 Å². The van der Waals surface area contributed by atoms with Gasteiger partial charge in [-0.2, -0.15) is 13.2 Å². The molecule has 4 atom stereocenters. The number of fused-ring (bicyclic) bond motifs is 1. The van der Waals surface area contributed by atoms with Gasteiger partial charge in [0.05, 0.1) is 30.6 Å². The fourth-order valence-electron chi connectivity index (χ4n) is 3.67. The topological polar surface area (TPSA) is 117 Å². The highest BCUT2D eigenvalue weighted by molar-refractivity contribution is 5.39. The van der Waals surface area contributed by atoms with E-state index in [0.29, 0.717) is 18.6 Å². The Labute approximate surface area is 170 Å². The average molecular weight is 426 g/mol. The Kier molecular flexibility index (Phi) is 5.24. The summed E-state index contributed by atoms with van der Waals surface area (Å²) in [6.07, 6.45) is -0.652. The number of hydrogen-bond acceptors (Lipinski definition) is 9. The van der Waals surface area contributed by atoms with E-state index in [4.69, 9.17) is 19.9 Å². The molecular formula is C18H21F3N6O3. The van der Waals surface area contributed by atoms with Gasteiger partial charge in [-0.25, -0.2) is 9.97 Å². The number of anilines is 2. The summed E-state index contributed by atoms with van der Waals surface area (Å²) < 4.78 is 56.7. The smallest absolute Gasteiger partial charge is 0.382 e. The van der Waals surface area contributed by atoms with E-state index in [1.54, 1.807) is 32.4 Å². The molecule has 4 heterocycles. The molecule has 2 aromatic heterocycles. The van der Waals surface area contributed by atoms with Crippen molar-refractivity contribution in [1.29, 1.82) is 0 Å². The summed E-state index contributed by atoms with van der Waals surface area (Å²) in [5, 5.41) is 3.13. The van der Waals surface area contributed by atoms with Crippen molar-refractivity contribution < 1.29 is 27.4 Å². The van der Waals surface area contributed by atoms with Crippen molar-refractivity contribution in [2.45, 2.75) is 50.0 Å². The van der Waals surface area contributed by atoms with Crippen LogP contribution in [0.1, 0.15) is 31.2 Å². The Hall–Kier alpha value is -2.57. The molecule has 0 radical (unpaired) electrons. The van der Waals surface area contributed by atoms with Gasteiger partial charge >= 0.3 is 6.18 Å². The number of nitrogens with one attached hydrogen (secondary N) is 1. The molecule has 0 spiro atoms. The van der Waals surface area contributed by atoms with E-state index in [1.807, 2.05) is 0 Å². The van der Waals surface area contributed by atoms with Crippen LogP contribution in [0.3, 0.4) is 0 Å². The number of nitrogen functional groups attached to an aromatic ring is 1. The number of ether oxygens (including phenoxy) is 3. The van der Waals surface area contributed by atoms with Crippen molar-refractivity contribution in [3.05, 3.63) is 36.2 Å². The molecule has 0 aliphatic carbocycles. The lowest BCUT2D eigenvalue weighted by atomic mass is 9.89. The molecule has 9 nitrogen and oxygen atoms in total. The van der Waals surface area contributed by atoms with E-state index in [-0.39, 0.29) is 18.1 Å². The highest BCUT2D eigenvalue weighted by atomic mass is 19.4. The maximum Gasteiger partial charge on any atom is 0.434 e. The minimum atomic E-state index is -4.63. The molecule has 0 amide bonds. The minimum absolute atomic E-state index is 0.137. The van der Waals surface area contributed by atoms with Crippen LogP contribution in [0, 0.1) is 0 Å². The number of hydrogen-bond donors (Lipinski definition) is 2. The Morgan fingerprint density at radius 3 is 2.60 bits per heavy atom. The van der Waals surface area contributed by atoms with Crippen molar-refractivity contribution in [2.75, 3.05) is 24.2 Å². The Morgan fingerprint density at radius 2 is 1.93 bits per heavy atom. The van der Waals surface area contributed by atoms with Crippen LogP contribution in [0.15, 0.2) is 24.8 Å². The second-order valence-corrected chi connectivity index (χ2v) is 7.54. The standard InChI is InChI=1S/C18H21F3N6O3/c1-17(2)29-14-9(13-16(22)27-11(6-26-13)18(19,20)21)8-28-10(15(14)30-17)5-25-12-7-23-3-4-24-12/h3-4,6-7,9-10,14-15H,5,8H2,1-2H3,(H2,22,27)(H,24,25)/t9-,10-,14-,15-/m1/s1. The van der Waals surface area contributed by atoms with Crippen LogP contribution in [0.5, 0.6) is 0 Å². The first-order chi connectivity index (χ1) is 14.1. The molecule has 0 bridgehead atoms. The second-order valence-electron chi connectivity index (χ2n) is 7.54. The van der Waals surface area contributed by atoms with Gasteiger partial charge in [0.1, 0.15) is 29.9 Å². The summed E-state index contributed by atoms with van der Waals surface area (Å²) in [7, 11) is 0. The predicted molar refractivity (Wildman–Crippen MR) is 98.3 cm³/mol. The summed E-state index contributed by atoms with van der Waals surface area (Å²) in [5.74, 6) is -1.16. The number of halogens is 3. The molecular weight excluding hydrogens is 405 g/mol. The molecule has 2 aromatic rings. The highest BCUT2D eigenvalue weighted by Crippen LogP contribution is 2.42. The van der Waals surface area contributed by atoms with Crippen molar-refractivity contribution in [3.63, 3.8) is 0 Å². The summed E-state index contributed by atoms with van der Waals surface area (Å²) in [4.78, 5) is 15.6. The van der Waals surface area contributed by atoms with Crippen molar-refractivity contribution >= 4 is 11.6 Å². The zero-order chi connectivity index (χ0) is 21.5. The van der Waals surface area contributed by atoms with Gasteiger partial charge in [-0.3, -0.25) is 9.97 Å². The fourth-order valence-corrected chi connectivity index (χ4v) is 3.67. The monoisotopic (exact) mass is 426 g/mol. The summed E-state index contributed by atoms with van der Waals surface area (Å²) in [6.45, 7) is 4.03. The number of aromatic nitrogens is 4. The summed E-state index contributed by atoms with van der Waals surface area (Å²) >= 11 is 0. The van der Waals surface area contributed by atoms with Crippen LogP contribution in [0.4, 0.5) is 24.8 Å². The lowest BCUT2D eigenvalue weighted by molar-refractivity contribution is -0.152. The number of rotatable bonds is 4. The molecule has 30 heavy (non-hydrogen) atoms. The molecule has 2 saturated heterocycles. The average Bonchev–Trinajstić information content (AvgIpc) is 3.01. The van der Waals surface area contributed by atoms with Crippen LogP contribution >= 0.6 is 0 Å². The van der Waals surface area contributed by atoms with E-state index >= 15 is 0 Å². The van der Waals surface area contributed by atoms with Crippen LogP contribution in [-0.4, -0.2) is 57.2 Å². The first-order valence-electron chi connectivity index (χ1n) is 9.31. The van der Waals surface area contributed by atoms with Gasteiger partial charge in [-0.15, -0.1) is 0 Å². The molecule has 2 fully saturated rings. The van der Waals surface area contributed by atoms with Gasteiger partial charge in [0.2, 0.25) is 0 Å². The fraction of sp³-hybridized carbons (Fsp3) is 0.556. The third kappa shape index (κ3) is 4.16. The predicted octanol–water partition coefficient (Wildman–Crippen LogP) is 1.98. The van der Waals surface area contributed by atoms with E-state index in [1.165, 1.54) is 0 Å². The number of nitrogens with two attached hydrogens (primary N) is 1. The van der Waals surface area contributed by atoms with Crippen molar-refractivity contribution in [1.82, 2.24) is 19.9 Å². The Morgan fingerprint density at radius 1 is 1.17 bits per heavy atom. The molecule has 162 valence electrons. The summed E-state index contributed by atoms with van der Waals surface area (Å²) in [6, 6.07) is 0. The maximum atomic E-state index is 12.9. The maximum absolute atomic E-state index is 12.9. The van der Waals surface area contributed by atoms with E-state index < -0.39 is 41.9 Å². The van der Waals surface area contributed by atoms with Gasteiger partial charge in [0, 0.05) is 18.9 Å². The molecule has 12 heteroatoms. The quantitative estimate of drug-likeness (QED) is 0.757. The van der Waals surface area contributed by atoms with E-state index in [2.05, 4.69) is 25.3 Å². The van der Waals surface area contributed by atoms with Crippen LogP contribution in [0.2, 0.25) is 0 Å². The highest BCUT2D eigenvalue weighted by Gasteiger charge is 2.53. The zero-order valence-corrected chi connectivity index (χ0v) is 16.3. The van der Waals surface area contributed by atoms with Gasteiger partial charge in [0.25, 0.3) is 0 Å². The minimum Gasteiger partial charge on any atom is -0.382 e. The molecule has 0 aromatic carbocycles. The van der Waals surface area contributed by atoms with E-state index in [9.17, 15) is 13.2 Å². The summed E-state index contributed by atoms with van der Waals surface area (Å²) in [5.41, 5.74) is 4.86. The third-order valence-corrected chi connectivity index (χ3v) is 4.93. The van der Waals surface area contributed by atoms with Gasteiger partial charge < -0.3 is 25.3 Å². The Bertz CT molecular complexity index is 898. The molecule has 2 aliphatic rings. The Balaban J connectivity index is 1.55. The number of nitrogens with zero attached hydrogens (tertiary/aromatic N) is 4. The van der Waals surface area contributed by atoms with Crippen LogP contribution in [0.25, 0.3) is 0 Å². The lowest BCUT2D eigenvalue weighted by Gasteiger charge is -2.37. The second kappa shape index (κ2) is 7.60. The van der Waals surface area contributed by atoms with Crippen molar-refractivity contribution in [3.8, 4) is 0 Å². The normalized spacial score (nSPS) is 28.2. The SMILES string of the molecule is CC1(C)O[C@H]2[C@H](O1)[C@@H](CNc1cnccn1)OC[C@@H]2c1ncc(C(F)(F)F)nc1N. The first kappa shape index (κ1) is 20.7. The molecule has 2 aliphatic heterocycles. The number of alkyl halides is 3.